The molecule has 2 fully saturated rings. The number of nitrogens with one attached hydrogen (secondary N) is 3. The van der Waals surface area contributed by atoms with Gasteiger partial charge in [0.05, 0.1) is 47.8 Å². The Bertz CT molecular complexity index is 1630. The minimum absolute atomic E-state index is 0.238. The predicted molar refractivity (Wildman–Crippen MR) is 152 cm³/mol. The highest BCUT2D eigenvalue weighted by molar-refractivity contribution is 6.09. The monoisotopic (exact) mass is 537 g/mol. The number of pyridine rings is 2. The first kappa shape index (κ1) is 24.7. The summed E-state index contributed by atoms with van der Waals surface area (Å²) in [6.45, 7) is 3.76. The van der Waals surface area contributed by atoms with Gasteiger partial charge in [-0.25, -0.2) is 14.5 Å². The second-order valence-electron chi connectivity index (χ2n) is 10.4. The van der Waals surface area contributed by atoms with Crippen molar-refractivity contribution in [2.75, 3.05) is 36.9 Å². The van der Waals surface area contributed by atoms with Gasteiger partial charge in [-0.3, -0.25) is 14.7 Å². The summed E-state index contributed by atoms with van der Waals surface area (Å²) in [6.07, 6.45) is 14.9. The molecule has 11 nitrogen and oxygen atoms in total. The molecule has 0 aromatic carbocycles. The summed E-state index contributed by atoms with van der Waals surface area (Å²) in [4.78, 5) is 32.2. The molecule has 1 amide bonds. The lowest BCUT2D eigenvalue weighted by atomic mass is 9.90. The summed E-state index contributed by atoms with van der Waals surface area (Å²) < 4.78 is 7.24. The van der Waals surface area contributed by atoms with E-state index in [1.807, 2.05) is 24.5 Å². The molecule has 0 unspecified atom stereocenters. The maximum atomic E-state index is 13.1. The fourth-order valence-corrected chi connectivity index (χ4v) is 5.98. The predicted octanol–water partition coefficient (Wildman–Crippen LogP) is 3.98. The minimum Gasteiger partial charge on any atom is -0.379 e. The van der Waals surface area contributed by atoms with Crippen molar-refractivity contribution in [1.29, 1.82) is 0 Å². The van der Waals surface area contributed by atoms with E-state index in [2.05, 4.69) is 40.6 Å². The van der Waals surface area contributed by atoms with Crippen LogP contribution in [0.4, 0.5) is 11.5 Å². The molecule has 6 heterocycles. The van der Waals surface area contributed by atoms with Crippen LogP contribution in [0.25, 0.3) is 27.7 Å². The largest absolute Gasteiger partial charge is 0.379 e. The number of aromatic nitrogens is 6. The number of ether oxygens (including phenoxy) is 1. The molecule has 5 aromatic heterocycles. The Morgan fingerprint density at radius 3 is 2.77 bits per heavy atom. The Kier molecular flexibility index (Phi) is 6.58. The molecule has 0 radical (unpaired) electrons. The van der Waals surface area contributed by atoms with Crippen LogP contribution in [0.2, 0.25) is 0 Å². The molecule has 5 aromatic rings. The van der Waals surface area contributed by atoms with Crippen molar-refractivity contribution in [2.24, 2.45) is 0 Å². The third-order valence-corrected chi connectivity index (χ3v) is 8.07. The third kappa shape index (κ3) is 4.78. The highest BCUT2D eigenvalue weighted by atomic mass is 16.5. The van der Waals surface area contributed by atoms with Crippen LogP contribution < -0.4 is 10.6 Å². The SMILES string of the molecule is O=C(Nc1cccnc1)c1cnn2ccc(-c3c[nH]c4ncnc(N[C@H]5CC[C@H](N6CCOCC6)CC5)c34)cc12. The molecule has 0 atom stereocenters. The van der Waals surface area contributed by atoms with Crippen molar-refractivity contribution < 1.29 is 9.53 Å². The van der Waals surface area contributed by atoms with Gasteiger partial charge >= 0.3 is 0 Å². The van der Waals surface area contributed by atoms with Gasteiger partial charge in [0.2, 0.25) is 0 Å². The molecule has 1 saturated carbocycles. The van der Waals surface area contributed by atoms with Gasteiger partial charge < -0.3 is 20.4 Å². The van der Waals surface area contributed by atoms with Gasteiger partial charge in [-0.2, -0.15) is 5.10 Å². The van der Waals surface area contributed by atoms with E-state index in [1.54, 1.807) is 41.6 Å². The molecule has 204 valence electrons. The van der Waals surface area contributed by atoms with Crippen molar-refractivity contribution in [3.63, 3.8) is 0 Å². The molecule has 1 aliphatic heterocycles. The number of morpholine rings is 1. The van der Waals surface area contributed by atoms with E-state index in [-0.39, 0.29) is 5.91 Å². The van der Waals surface area contributed by atoms with E-state index in [0.717, 1.165) is 67.1 Å². The average Bonchev–Trinajstić information content (AvgIpc) is 3.63. The van der Waals surface area contributed by atoms with Crippen LogP contribution in [0.5, 0.6) is 0 Å². The topological polar surface area (TPSA) is 125 Å². The average molecular weight is 538 g/mol. The number of carbonyl (C=O) groups excluding carboxylic acids is 1. The van der Waals surface area contributed by atoms with Gasteiger partial charge in [0, 0.05) is 49.3 Å². The molecule has 0 bridgehead atoms. The number of hydrogen-bond donors (Lipinski definition) is 3. The van der Waals surface area contributed by atoms with E-state index in [9.17, 15) is 4.79 Å². The van der Waals surface area contributed by atoms with Crippen molar-refractivity contribution >= 4 is 34.0 Å². The lowest BCUT2D eigenvalue weighted by Crippen LogP contribution is -2.46. The van der Waals surface area contributed by atoms with E-state index in [1.165, 1.54) is 12.8 Å². The number of nitrogens with zero attached hydrogens (tertiary/aromatic N) is 6. The molecule has 1 aliphatic carbocycles. The highest BCUT2D eigenvalue weighted by Gasteiger charge is 2.28. The number of rotatable bonds is 6. The van der Waals surface area contributed by atoms with Gasteiger partial charge in [0.25, 0.3) is 5.91 Å². The number of H-pyrrole nitrogens is 1. The zero-order valence-electron chi connectivity index (χ0n) is 22.1. The molecule has 3 N–H and O–H groups in total. The van der Waals surface area contributed by atoms with Crippen molar-refractivity contribution in [1.82, 2.24) is 34.4 Å². The first-order valence-electron chi connectivity index (χ1n) is 13.8. The Balaban J connectivity index is 1.14. The number of anilines is 2. The van der Waals surface area contributed by atoms with Gasteiger partial charge in [-0.15, -0.1) is 0 Å². The maximum absolute atomic E-state index is 13.1. The molecule has 0 spiro atoms. The zero-order valence-corrected chi connectivity index (χ0v) is 22.1. The molecule has 7 rings (SSSR count). The van der Waals surface area contributed by atoms with E-state index < -0.39 is 0 Å². The van der Waals surface area contributed by atoms with Crippen LogP contribution >= 0.6 is 0 Å². The van der Waals surface area contributed by atoms with Crippen molar-refractivity contribution in [3.05, 3.63) is 67.1 Å². The van der Waals surface area contributed by atoms with Crippen LogP contribution in [0.3, 0.4) is 0 Å². The summed E-state index contributed by atoms with van der Waals surface area (Å²) in [6, 6.07) is 8.57. The summed E-state index contributed by atoms with van der Waals surface area (Å²) in [5, 5.41) is 12.0. The standard InChI is InChI=1S/C29H31N9O2/c39-29(36-21-2-1-8-30-15-21)24-17-34-38-9-7-19(14-25(24)38)23-16-31-27-26(23)28(33-18-32-27)35-20-3-5-22(6-4-20)37-10-12-40-13-11-37/h1-2,7-9,14-18,20,22H,3-6,10-13H2,(H,36,39)(H2,31,32,33,35)/t20-,22-. The summed E-state index contributed by atoms with van der Waals surface area (Å²) in [7, 11) is 0. The lowest BCUT2D eigenvalue weighted by molar-refractivity contribution is 0.00791. The number of hydrogen-bond acceptors (Lipinski definition) is 8. The highest BCUT2D eigenvalue weighted by Crippen LogP contribution is 2.34. The maximum Gasteiger partial charge on any atom is 0.259 e. The Labute approximate surface area is 231 Å². The van der Waals surface area contributed by atoms with E-state index in [0.29, 0.717) is 28.9 Å². The minimum atomic E-state index is -0.238. The van der Waals surface area contributed by atoms with Gasteiger partial charge in [-0.05, 0) is 55.5 Å². The van der Waals surface area contributed by atoms with Crippen LogP contribution in [0.1, 0.15) is 36.0 Å². The van der Waals surface area contributed by atoms with Crippen LogP contribution in [-0.2, 0) is 4.74 Å². The molecule has 11 heteroatoms. The van der Waals surface area contributed by atoms with Crippen LogP contribution in [0.15, 0.2) is 61.6 Å². The summed E-state index contributed by atoms with van der Waals surface area (Å²) in [5.41, 5.74) is 4.52. The van der Waals surface area contributed by atoms with E-state index >= 15 is 0 Å². The number of aromatic amines is 1. The fourth-order valence-electron chi connectivity index (χ4n) is 5.98. The quantitative estimate of drug-likeness (QED) is 0.297. The van der Waals surface area contributed by atoms with E-state index in [4.69, 9.17) is 4.74 Å². The van der Waals surface area contributed by atoms with Gasteiger partial charge in [0.15, 0.2) is 0 Å². The molecular formula is C29H31N9O2. The summed E-state index contributed by atoms with van der Waals surface area (Å²) >= 11 is 0. The number of fused-ring (bicyclic) bond motifs is 2. The van der Waals surface area contributed by atoms with Crippen molar-refractivity contribution in [2.45, 2.75) is 37.8 Å². The number of carbonyl (C=O) groups is 1. The summed E-state index contributed by atoms with van der Waals surface area (Å²) in [5.74, 6) is 0.594. The van der Waals surface area contributed by atoms with Gasteiger partial charge in [0.1, 0.15) is 17.8 Å². The fraction of sp³-hybridized carbons (Fsp3) is 0.345. The van der Waals surface area contributed by atoms with Crippen LogP contribution in [-0.4, -0.2) is 78.7 Å². The zero-order chi connectivity index (χ0) is 26.9. The first-order chi connectivity index (χ1) is 19.7. The number of amides is 1. The Morgan fingerprint density at radius 1 is 1.07 bits per heavy atom. The molecule has 40 heavy (non-hydrogen) atoms. The third-order valence-electron chi connectivity index (χ3n) is 8.07. The smallest absolute Gasteiger partial charge is 0.259 e. The normalized spacial score (nSPS) is 20.1. The molecule has 1 saturated heterocycles. The Morgan fingerprint density at radius 2 is 1.95 bits per heavy atom. The van der Waals surface area contributed by atoms with Gasteiger partial charge in [-0.1, -0.05) is 0 Å². The van der Waals surface area contributed by atoms with Crippen molar-refractivity contribution in [3.8, 4) is 11.1 Å². The van der Waals surface area contributed by atoms with Crippen LogP contribution in [0, 0.1) is 0 Å². The second-order valence-corrected chi connectivity index (χ2v) is 10.4. The molecule has 2 aliphatic rings. The first-order valence-corrected chi connectivity index (χ1v) is 13.8. The molecular weight excluding hydrogens is 506 g/mol. The lowest BCUT2D eigenvalue weighted by Gasteiger charge is -2.39. The second kappa shape index (κ2) is 10.7. The Hall–Kier alpha value is -4.35.